The third-order valence-electron chi connectivity index (χ3n) is 3.46. The van der Waals surface area contributed by atoms with E-state index < -0.39 is 0 Å². The lowest BCUT2D eigenvalue weighted by atomic mass is 10.2. The van der Waals surface area contributed by atoms with Gasteiger partial charge in [-0.25, -0.2) is 0 Å². The number of fused-ring (bicyclic) bond motifs is 1. The Hall–Kier alpha value is -1.81. The zero-order valence-corrected chi connectivity index (χ0v) is 10.3. The molecule has 4 nitrogen and oxygen atoms in total. The highest BCUT2D eigenvalue weighted by Crippen LogP contribution is 2.15. The zero-order chi connectivity index (χ0) is 12.4. The molecule has 18 heavy (non-hydrogen) atoms. The van der Waals surface area contributed by atoms with Crippen molar-refractivity contribution in [3.8, 4) is 0 Å². The van der Waals surface area contributed by atoms with Crippen LogP contribution in [-0.4, -0.2) is 41.6 Å². The predicted molar refractivity (Wildman–Crippen MR) is 71.4 cm³/mol. The zero-order valence-electron chi connectivity index (χ0n) is 10.3. The summed E-state index contributed by atoms with van der Waals surface area (Å²) < 4.78 is 2.03. The summed E-state index contributed by atoms with van der Waals surface area (Å²) in [5, 5.41) is 4.44. The lowest BCUT2D eigenvalue weighted by molar-refractivity contribution is -0.132. The lowest BCUT2D eigenvalue weighted by Gasteiger charge is -2.27. The number of amides is 1. The molecule has 2 aromatic rings. The van der Waals surface area contributed by atoms with Crippen molar-refractivity contribution < 1.29 is 4.79 Å². The van der Waals surface area contributed by atoms with Crippen LogP contribution in [0.5, 0.6) is 0 Å². The summed E-state index contributed by atoms with van der Waals surface area (Å²) in [6, 6.07) is 10.2. The van der Waals surface area contributed by atoms with E-state index in [0.29, 0.717) is 6.54 Å². The van der Waals surface area contributed by atoms with Crippen LogP contribution in [0.3, 0.4) is 0 Å². The van der Waals surface area contributed by atoms with E-state index in [-0.39, 0.29) is 5.91 Å². The average Bonchev–Trinajstić information content (AvgIpc) is 2.83. The maximum atomic E-state index is 12.2. The van der Waals surface area contributed by atoms with Gasteiger partial charge in [-0.15, -0.1) is 0 Å². The van der Waals surface area contributed by atoms with Crippen molar-refractivity contribution in [3.63, 3.8) is 0 Å². The van der Waals surface area contributed by atoms with Crippen LogP contribution in [0.1, 0.15) is 0 Å². The number of carbonyl (C=O) groups excluding carboxylic acids is 1. The van der Waals surface area contributed by atoms with Gasteiger partial charge in [-0.1, -0.05) is 18.2 Å². The van der Waals surface area contributed by atoms with E-state index in [1.54, 1.807) is 0 Å². The number of nitrogens with one attached hydrogen (secondary N) is 1. The lowest BCUT2D eigenvalue weighted by Crippen LogP contribution is -2.47. The van der Waals surface area contributed by atoms with Crippen LogP contribution in [0, 0.1) is 0 Å². The van der Waals surface area contributed by atoms with E-state index in [9.17, 15) is 4.79 Å². The van der Waals surface area contributed by atoms with Crippen LogP contribution in [0.25, 0.3) is 10.9 Å². The Kier molecular flexibility index (Phi) is 3.02. The molecule has 1 fully saturated rings. The third kappa shape index (κ3) is 2.11. The Labute approximate surface area is 106 Å². The first-order valence-corrected chi connectivity index (χ1v) is 6.37. The Morgan fingerprint density at radius 3 is 2.78 bits per heavy atom. The molecule has 1 N–H and O–H groups in total. The van der Waals surface area contributed by atoms with Crippen LogP contribution < -0.4 is 5.32 Å². The van der Waals surface area contributed by atoms with Crippen LogP contribution in [0.15, 0.2) is 36.5 Å². The van der Waals surface area contributed by atoms with Gasteiger partial charge in [-0.05, 0) is 17.5 Å². The Morgan fingerprint density at radius 2 is 1.94 bits per heavy atom. The largest absolute Gasteiger partial charge is 0.339 e. The molecule has 0 radical (unpaired) electrons. The van der Waals surface area contributed by atoms with Crippen molar-refractivity contribution in [2.45, 2.75) is 6.54 Å². The first-order chi connectivity index (χ1) is 8.84. The maximum absolute atomic E-state index is 12.2. The summed E-state index contributed by atoms with van der Waals surface area (Å²) in [6.07, 6.45) is 1.99. The van der Waals surface area contributed by atoms with E-state index in [1.165, 1.54) is 5.39 Å². The molecule has 94 valence electrons. The van der Waals surface area contributed by atoms with Gasteiger partial charge >= 0.3 is 0 Å². The van der Waals surface area contributed by atoms with Crippen LogP contribution in [0.2, 0.25) is 0 Å². The van der Waals surface area contributed by atoms with Crippen LogP contribution in [0.4, 0.5) is 0 Å². The van der Waals surface area contributed by atoms with Gasteiger partial charge < -0.3 is 14.8 Å². The Morgan fingerprint density at radius 1 is 1.17 bits per heavy atom. The maximum Gasteiger partial charge on any atom is 0.242 e. The van der Waals surface area contributed by atoms with Crippen molar-refractivity contribution in [2.75, 3.05) is 26.2 Å². The number of hydrogen-bond donors (Lipinski definition) is 1. The quantitative estimate of drug-likeness (QED) is 0.857. The fourth-order valence-corrected chi connectivity index (χ4v) is 2.44. The molecule has 0 atom stereocenters. The minimum Gasteiger partial charge on any atom is -0.339 e. The number of nitrogens with zero attached hydrogens (tertiary/aromatic N) is 2. The molecule has 1 aromatic carbocycles. The summed E-state index contributed by atoms with van der Waals surface area (Å²) in [4.78, 5) is 14.1. The Balaban J connectivity index is 1.77. The van der Waals surface area contributed by atoms with E-state index in [2.05, 4.69) is 23.5 Å². The summed E-state index contributed by atoms with van der Waals surface area (Å²) in [6.45, 7) is 3.87. The number of piperazine rings is 1. The van der Waals surface area contributed by atoms with Gasteiger partial charge in [-0.2, -0.15) is 0 Å². The fourth-order valence-electron chi connectivity index (χ4n) is 2.44. The van der Waals surface area contributed by atoms with Crippen molar-refractivity contribution in [1.82, 2.24) is 14.8 Å². The molecule has 0 saturated carbocycles. The first-order valence-electron chi connectivity index (χ1n) is 6.37. The minimum absolute atomic E-state index is 0.206. The van der Waals surface area contributed by atoms with E-state index in [4.69, 9.17) is 0 Å². The highest BCUT2D eigenvalue weighted by atomic mass is 16.2. The molecule has 0 bridgehead atoms. The fraction of sp³-hybridized carbons (Fsp3) is 0.357. The molecule has 1 amide bonds. The molecule has 1 aliphatic rings. The summed E-state index contributed by atoms with van der Waals surface area (Å²) in [5.74, 6) is 0.206. The number of benzene rings is 1. The predicted octanol–water partition coefficient (Wildman–Crippen LogP) is 1.07. The summed E-state index contributed by atoms with van der Waals surface area (Å²) >= 11 is 0. The highest BCUT2D eigenvalue weighted by molar-refractivity contribution is 5.83. The topological polar surface area (TPSA) is 37.3 Å². The van der Waals surface area contributed by atoms with Gasteiger partial charge in [-0.3, -0.25) is 4.79 Å². The smallest absolute Gasteiger partial charge is 0.242 e. The molecular weight excluding hydrogens is 226 g/mol. The number of rotatable bonds is 2. The number of hydrogen-bond acceptors (Lipinski definition) is 2. The van der Waals surface area contributed by atoms with Crippen molar-refractivity contribution >= 4 is 16.8 Å². The van der Waals surface area contributed by atoms with Gasteiger partial charge in [0.15, 0.2) is 0 Å². The molecule has 0 aliphatic carbocycles. The third-order valence-corrected chi connectivity index (χ3v) is 3.46. The molecule has 1 aliphatic heterocycles. The number of para-hydroxylation sites is 1. The van der Waals surface area contributed by atoms with Crippen LogP contribution >= 0.6 is 0 Å². The molecule has 2 heterocycles. The van der Waals surface area contributed by atoms with Crippen molar-refractivity contribution in [2.24, 2.45) is 0 Å². The average molecular weight is 243 g/mol. The normalized spacial score (nSPS) is 16.1. The van der Waals surface area contributed by atoms with Crippen molar-refractivity contribution in [3.05, 3.63) is 36.5 Å². The molecule has 0 spiro atoms. The molecule has 0 unspecified atom stereocenters. The highest BCUT2D eigenvalue weighted by Gasteiger charge is 2.16. The first kappa shape index (κ1) is 11.3. The van der Waals surface area contributed by atoms with Gasteiger partial charge in [0.1, 0.15) is 6.54 Å². The standard InChI is InChI=1S/C14H17N3O/c18-14(16-9-6-15-7-10-16)11-17-8-5-12-3-1-2-4-13(12)17/h1-5,8,15H,6-7,9-11H2. The van der Waals surface area contributed by atoms with Gasteiger partial charge in [0.2, 0.25) is 5.91 Å². The molecule has 1 saturated heterocycles. The summed E-state index contributed by atoms with van der Waals surface area (Å²) in [5.41, 5.74) is 1.13. The van der Waals surface area contributed by atoms with Gasteiger partial charge in [0, 0.05) is 37.9 Å². The van der Waals surface area contributed by atoms with Gasteiger partial charge in [0.05, 0.1) is 0 Å². The van der Waals surface area contributed by atoms with Crippen molar-refractivity contribution in [1.29, 1.82) is 0 Å². The molecule has 4 heteroatoms. The Bertz CT molecular complexity index is 555. The molecular formula is C14H17N3O. The number of carbonyl (C=O) groups is 1. The SMILES string of the molecule is O=C(Cn1ccc2ccccc21)N1CCNCC1. The van der Waals surface area contributed by atoms with E-state index >= 15 is 0 Å². The monoisotopic (exact) mass is 243 g/mol. The minimum atomic E-state index is 0.206. The molecule has 3 rings (SSSR count). The van der Waals surface area contributed by atoms with Crippen LogP contribution in [-0.2, 0) is 11.3 Å². The second-order valence-corrected chi connectivity index (χ2v) is 4.63. The number of aromatic nitrogens is 1. The van der Waals surface area contributed by atoms with Gasteiger partial charge in [0.25, 0.3) is 0 Å². The summed E-state index contributed by atoms with van der Waals surface area (Å²) in [7, 11) is 0. The second kappa shape index (κ2) is 4.82. The van der Waals surface area contributed by atoms with E-state index in [0.717, 1.165) is 31.7 Å². The van der Waals surface area contributed by atoms with E-state index in [1.807, 2.05) is 27.8 Å². The second-order valence-electron chi connectivity index (χ2n) is 4.63. The molecule has 1 aromatic heterocycles.